The molecule has 146 valence electrons. The Balaban J connectivity index is 1.47. The van der Waals surface area contributed by atoms with Crippen LogP contribution in [0.25, 0.3) is 10.9 Å². The molecule has 1 amide bonds. The number of amides is 1. The Morgan fingerprint density at radius 2 is 1.86 bits per heavy atom. The van der Waals surface area contributed by atoms with E-state index in [9.17, 15) is 22.8 Å². The Morgan fingerprint density at radius 3 is 2.64 bits per heavy atom. The summed E-state index contributed by atoms with van der Waals surface area (Å²) < 4.78 is 42.8. The van der Waals surface area contributed by atoms with Gasteiger partial charge >= 0.3 is 12.1 Å². The molecule has 0 radical (unpaired) electrons. The van der Waals surface area contributed by atoms with Crippen molar-refractivity contribution < 1.29 is 27.5 Å². The summed E-state index contributed by atoms with van der Waals surface area (Å²) in [5, 5.41) is 3.68. The average Bonchev–Trinajstić information content (AvgIpc) is 3.09. The number of hydrogen-bond donors (Lipinski definition) is 2. The Bertz CT molecular complexity index is 996. The Morgan fingerprint density at radius 1 is 1.07 bits per heavy atom. The number of para-hydroxylation sites is 1. The minimum absolute atomic E-state index is 0.263. The average molecular weight is 390 g/mol. The predicted octanol–water partition coefficient (Wildman–Crippen LogP) is 3.70. The summed E-state index contributed by atoms with van der Waals surface area (Å²) >= 11 is 0. The van der Waals surface area contributed by atoms with E-state index in [0.29, 0.717) is 19.0 Å². The predicted molar refractivity (Wildman–Crippen MR) is 96.7 cm³/mol. The Labute approximate surface area is 158 Å². The molecule has 1 heterocycles. The van der Waals surface area contributed by atoms with Crippen LogP contribution in [0.1, 0.15) is 21.5 Å². The molecule has 0 saturated heterocycles. The summed E-state index contributed by atoms with van der Waals surface area (Å²) in [5.74, 6) is -1.52. The molecule has 8 heteroatoms. The van der Waals surface area contributed by atoms with Gasteiger partial charge in [0.1, 0.15) is 0 Å². The minimum Gasteiger partial charge on any atom is -0.452 e. The fourth-order valence-electron chi connectivity index (χ4n) is 2.76. The number of hydrogen-bond acceptors (Lipinski definition) is 3. The van der Waals surface area contributed by atoms with Gasteiger partial charge in [0.2, 0.25) is 0 Å². The van der Waals surface area contributed by atoms with Crippen molar-refractivity contribution in [3.05, 3.63) is 71.4 Å². The van der Waals surface area contributed by atoms with Gasteiger partial charge in [0.15, 0.2) is 6.61 Å². The van der Waals surface area contributed by atoms with Crippen molar-refractivity contribution in [1.82, 2.24) is 10.3 Å². The molecular formula is C20H17F3N2O3. The normalized spacial score (nSPS) is 11.4. The highest BCUT2D eigenvalue weighted by atomic mass is 19.4. The number of benzene rings is 2. The quantitative estimate of drug-likeness (QED) is 0.631. The molecule has 0 spiro atoms. The van der Waals surface area contributed by atoms with Crippen LogP contribution in [0, 0.1) is 0 Å². The van der Waals surface area contributed by atoms with E-state index >= 15 is 0 Å². The van der Waals surface area contributed by atoms with E-state index in [1.54, 1.807) is 0 Å². The van der Waals surface area contributed by atoms with Crippen LogP contribution in [0.3, 0.4) is 0 Å². The second kappa shape index (κ2) is 8.16. The standard InChI is InChI=1S/C20H17F3N2O3/c21-20(22,23)15-5-3-4-13(10-15)19(27)28-12-18(26)24-9-8-14-11-25-17-7-2-1-6-16(14)17/h1-7,10-11,25H,8-9,12H2,(H,24,26). The van der Waals surface area contributed by atoms with E-state index in [2.05, 4.69) is 10.3 Å². The molecule has 2 aromatic carbocycles. The third-order valence-corrected chi connectivity index (χ3v) is 4.15. The molecule has 0 unspecified atom stereocenters. The fourth-order valence-corrected chi connectivity index (χ4v) is 2.76. The highest BCUT2D eigenvalue weighted by Crippen LogP contribution is 2.29. The second-order valence-electron chi connectivity index (χ2n) is 6.11. The first-order chi connectivity index (χ1) is 13.3. The number of rotatable bonds is 6. The third-order valence-electron chi connectivity index (χ3n) is 4.15. The van der Waals surface area contributed by atoms with Crippen LogP contribution in [0.4, 0.5) is 13.2 Å². The molecule has 3 aromatic rings. The molecule has 5 nitrogen and oxygen atoms in total. The molecule has 3 rings (SSSR count). The SMILES string of the molecule is O=C(COC(=O)c1cccc(C(F)(F)F)c1)NCCc1c[nH]c2ccccc12. The lowest BCUT2D eigenvalue weighted by Gasteiger charge is -2.09. The number of aromatic amines is 1. The van der Waals surface area contributed by atoms with E-state index in [4.69, 9.17) is 4.74 Å². The number of alkyl halides is 3. The van der Waals surface area contributed by atoms with Crippen LogP contribution in [0.15, 0.2) is 54.7 Å². The summed E-state index contributed by atoms with van der Waals surface area (Å²) in [6, 6.07) is 11.6. The number of fused-ring (bicyclic) bond motifs is 1. The van der Waals surface area contributed by atoms with Crippen LogP contribution in [-0.4, -0.2) is 30.0 Å². The number of ether oxygens (including phenoxy) is 1. The molecule has 0 aliphatic carbocycles. The summed E-state index contributed by atoms with van der Waals surface area (Å²) in [7, 11) is 0. The highest BCUT2D eigenvalue weighted by Gasteiger charge is 2.31. The molecule has 0 atom stereocenters. The molecule has 0 fully saturated rings. The maximum absolute atomic E-state index is 12.7. The zero-order valence-electron chi connectivity index (χ0n) is 14.7. The van der Waals surface area contributed by atoms with Crippen molar-refractivity contribution in [3.63, 3.8) is 0 Å². The Kier molecular flexibility index (Phi) is 5.67. The van der Waals surface area contributed by atoms with Gasteiger partial charge in [-0.1, -0.05) is 24.3 Å². The van der Waals surface area contributed by atoms with E-state index in [0.717, 1.165) is 28.6 Å². The van der Waals surface area contributed by atoms with Crippen LogP contribution in [0.2, 0.25) is 0 Å². The second-order valence-corrected chi connectivity index (χ2v) is 6.11. The van der Waals surface area contributed by atoms with Crippen LogP contribution in [0.5, 0.6) is 0 Å². The van der Waals surface area contributed by atoms with E-state index in [1.165, 1.54) is 6.07 Å². The number of aromatic nitrogens is 1. The van der Waals surface area contributed by atoms with Gasteiger partial charge in [-0.05, 0) is 36.2 Å². The number of carbonyl (C=O) groups is 2. The first-order valence-electron chi connectivity index (χ1n) is 8.50. The maximum Gasteiger partial charge on any atom is 0.416 e. The zero-order chi connectivity index (χ0) is 20.1. The lowest BCUT2D eigenvalue weighted by atomic mass is 10.1. The highest BCUT2D eigenvalue weighted by molar-refractivity contribution is 5.91. The summed E-state index contributed by atoms with van der Waals surface area (Å²) in [4.78, 5) is 26.8. The number of nitrogens with one attached hydrogen (secondary N) is 2. The van der Waals surface area contributed by atoms with E-state index in [1.807, 2.05) is 30.5 Å². The minimum atomic E-state index is -4.56. The maximum atomic E-state index is 12.7. The van der Waals surface area contributed by atoms with E-state index in [-0.39, 0.29) is 5.56 Å². The van der Waals surface area contributed by atoms with Crippen LogP contribution >= 0.6 is 0 Å². The smallest absolute Gasteiger partial charge is 0.416 e. The molecule has 1 aromatic heterocycles. The number of carbonyl (C=O) groups excluding carboxylic acids is 2. The molecule has 0 bridgehead atoms. The molecule has 2 N–H and O–H groups in total. The van der Waals surface area contributed by atoms with Crippen molar-refractivity contribution in [2.24, 2.45) is 0 Å². The largest absolute Gasteiger partial charge is 0.452 e. The first kappa shape index (κ1) is 19.5. The molecule has 0 saturated carbocycles. The van der Waals surface area contributed by atoms with Crippen LogP contribution in [-0.2, 0) is 22.1 Å². The van der Waals surface area contributed by atoms with Gasteiger partial charge < -0.3 is 15.0 Å². The number of esters is 1. The summed E-state index contributed by atoms with van der Waals surface area (Å²) in [6.07, 6.45) is -2.11. The monoisotopic (exact) mass is 390 g/mol. The summed E-state index contributed by atoms with van der Waals surface area (Å²) in [6.45, 7) is -0.231. The Hall–Kier alpha value is -3.29. The topological polar surface area (TPSA) is 71.2 Å². The van der Waals surface area contributed by atoms with E-state index < -0.39 is 30.2 Å². The van der Waals surface area contributed by atoms with Gasteiger partial charge in [-0.25, -0.2) is 4.79 Å². The van der Waals surface area contributed by atoms with Crippen molar-refractivity contribution in [2.45, 2.75) is 12.6 Å². The van der Waals surface area contributed by atoms with Crippen molar-refractivity contribution >= 4 is 22.8 Å². The number of halogens is 3. The van der Waals surface area contributed by atoms with Gasteiger partial charge in [-0.2, -0.15) is 13.2 Å². The van der Waals surface area contributed by atoms with Gasteiger partial charge in [-0.3, -0.25) is 4.79 Å². The molecule has 0 aliphatic rings. The summed E-state index contributed by atoms with van der Waals surface area (Å²) in [5.41, 5.74) is 0.822. The molecule has 0 aliphatic heterocycles. The van der Waals surface area contributed by atoms with Crippen LogP contribution < -0.4 is 5.32 Å². The number of H-pyrrole nitrogens is 1. The van der Waals surface area contributed by atoms with Crippen molar-refractivity contribution in [3.8, 4) is 0 Å². The fraction of sp³-hybridized carbons (Fsp3) is 0.200. The zero-order valence-corrected chi connectivity index (χ0v) is 14.7. The molecular weight excluding hydrogens is 373 g/mol. The van der Waals surface area contributed by atoms with Crippen molar-refractivity contribution in [2.75, 3.05) is 13.2 Å². The first-order valence-corrected chi connectivity index (χ1v) is 8.50. The lowest BCUT2D eigenvalue weighted by Crippen LogP contribution is -2.30. The van der Waals surface area contributed by atoms with Gasteiger partial charge in [0.05, 0.1) is 11.1 Å². The van der Waals surface area contributed by atoms with Gasteiger partial charge in [0, 0.05) is 23.6 Å². The third kappa shape index (κ3) is 4.70. The van der Waals surface area contributed by atoms with Gasteiger partial charge in [0.25, 0.3) is 5.91 Å². The molecule has 28 heavy (non-hydrogen) atoms. The van der Waals surface area contributed by atoms with Gasteiger partial charge in [-0.15, -0.1) is 0 Å². The van der Waals surface area contributed by atoms with Crippen molar-refractivity contribution in [1.29, 1.82) is 0 Å². The lowest BCUT2D eigenvalue weighted by molar-refractivity contribution is -0.137.